The molecule has 2 aromatic carbocycles. The summed E-state index contributed by atoms with van der Waals surface area (Å²) in [6, 6.07) is 11.0. The number of amides is 1. The Labute approximate surface area is 113 Å². The summed E-state index contributed by atoms with van der Waals surface area (Å²) in [7, 11) is 0. The van der Waals surface area contributed by atoms with E-state index in [1.807, 2.05) is 13.0 Å². The van der Waals surface area contributed by atoms with Crippen molar-refractivity contribution in [2.24, 2.45) is 0 Å². The number of rotatable bonds is 2. The lowest BCUT2D eigenvalue weighted by molar-refractivity contribution is 0.102. The molecule has 0 saturated carbocycles. The maximum atomic E-state index is 12.7. The molecule has 1 N–H and O–H groups in total. The molecule has 2 aromatic rings. The second-order valence-corrected chi connectivity index (χ2v) is 4.78. The zero-order valence-corrected chi connectivity index (χ0v) is 11.3. The van der Waals surface area contributed by atoms with Crippen LogP contribution in [0.15, 0.2) is 46.9 Å². The quantitative estimate of drug-likeness (QED) is 0.887. The van der Waals surface area contributed by atoms with Gasteiger partial charge in [-0.3, -0.25) is 4.79 Å². The second-order valence-electron chi connectivity index (χ2n) is 3.92. The third-order valence-electron chi connectivity index (χ3n) is 2.54. The fourth-order valence-electron chi connectivity index (χ4n) is 1.47. The molecule has 0 aliphatic rings. The fraction of sp³-hybridized carbons (Fsp3) is 0.0714. The van der Waals surface area contributed by atoms with E-state index in [0.29, 0.717) is 11.3 Å². The van der Waals surface area contributed by atoms with Crippen molar-refractivity contribution in [1.29, 1.82) is 0 Å². The molecule has 0 fully saturated rings. The summed E-state index contributed by atoms with van der Waals surface area (Å²) in [4.78, 5) is 11.9. The van der Waals surface area contributed by atoms with Crippen LogP contribution >= 0.6 is 15.9 Å². The number of hydrogen-bond donors (Lipinski definition) is 1. The second kappa shape index (κ2) is 5.31. The normalized spacial score (nSPS) is 10.2. The molecule has 0 spiro atoms. The van der Waals surface area contributed by atoms with Gasteiger partial charge in [-0.05, 0) is 48.9 Å². The van der Waals surface area contributed by atoms with Gasteiger partial charge in [0.15, 0.2) is 0 Å². The third-order valence-corrected chi connectivity index (χ3v) is 3.39. The third kappa shape index (κ3) is 2.96. The van der Waals surface area contributed by atoms with Gasteiger partial charge < -0.3 is 5.32 Å². The van der Waals surface area contributed by atoms with E-state index in [1.54, 1.807) is 12.1 Å². The predicted octanol–water partition coefficient (Wildman–Crippen LogP) is 4.15. The van der Waals surface area contributed by atoms with Crippen LogP contribution in [0.5, 0.6) is 0 Å². The molecule has 2 rings (SSSR count). The van der Waals surface area contributed by atoms with Crippen LogP contribution in [0.2, 0.25) is 0 Å². The highest BCUT2D eigenvalue weighted by atomic mass is 79.9. The Hall–Kier alpha value is -1.68. The topological polar surface area (TPSA) is 29.1 Å². The molecule has 0 saturated heterocycles. The number of halogens is 2. The van der Waals surface area contributed by atoms with Gasteiger partial charge in [-0.2, -0.15) is 0 Å². The van der Waals surface area contributed by atoms with Crippen molar-refractivity contribution in [1.82, 2.24) is 0 Å². The Morgan fingerprint density at radius 3 is 2.44 bits per heavy atom. The minimum absolute atomic E-state index is 0.220. The van der Waals surface area contributed by atoms with E-state index in [9.17, 15) is 9.18 Å². The number of nitrogens with one attached hydrogen (secondary N) is 1. The maximum absolute atomic E-state index is 12.7. The summed E-state index contributed by atoms with van der Waals surface area (Å²) in [5, 5.41) is 2.71. The number of benzene rings is 2. The molecule has 0 aromatic heterocycles. The minimum atomic E-state index is -0.328. The SMILES string of the molecule is Cc1ccc(C(=O)Nc2ccc(F)cc2)cc1Br. The summed E-state index contributed by atoms with van der Waals surface area (Å²) in [6.07, 6.45) is 0. The van der Waals surface area contributed by atoms with Gasteiger partial charge in [-0.25, -0.2) is 4.39 Å². The molecule has 1 amide bonds. The number of hydrogen-bond acceptors (Lipinski definition) is 1. The number of carbonyl (C=O) groups is 1. The first kappa shape index (κ1) is 12.8. The van der Waals surface area contributed by atoms with Crippen LogP contribution in [0.1, 0.15) is 15.9 Å². The molecule has 0 bridgehead atoms. The van der Waals surface area contributed by atoms with E-state index >= 15 is 0 Å². The Bertz CT molecular complexity index is 581. The Morgan fingerprint density at radius 1 is 1.17 bits per heavy atom. The first-order valence-electron chi connectivity index (χ1n) is 5.39. The predicted molar refractivity (Wildman–Crippen MR) is 73.2 cm³/mol. The van der Waals surface area contributed by atoms with E-state index in [4.69, 9.17) is 0 Å². The van der Waals surface area contributed by atoms with Crippen molar-refractivity contribution in [2.75, 3.05) is 5.32 Å². The standard InChI is InChI=1S/C14H11BrFNO/c1-9-2-3-10(8-13(9)15)14(18)17-12-6-4-11(16)5-7-12/h2-8H,1H3,(H,17,18). The minimum Gasteiger partial charge on any atom is -0.322 e. The van der Waals surface area contributed by atoms with Crippen molar-refractivity contribution >= 4 is 27.5 Å². The van der Waals surface area contributed by atoms with Crippen molar-refractivity contribution in [3.8, 4) is 0 Å². The molecule has 0 aliphatic carbocycles. The van der Waals surface area contributed by atoms with Crippen LogP contribution in [0.25, 0.3) is 0 Å². The Balaban J connectivity index is 2.16. The van der Waals surface area contributed by atoms with E-state index in [0.717, 1.165) is 10.0 Å². The molecule has 0 heterocycles. The molecule has 0 unspecified atom stereocenters. The summed E-state index contributed by atoms with van der Waals surface area (Å²) in [5.74, 6) is -0.548. The van der Waals surface area contributed by atoms with Gasteiger partial charge in [-0.1, -0.05) is 22.0 Å². The molecule has 4 heteroatoms. The van der Waals surface area contributed by atoms with Crippen molar-refractivity contribution in [3.63, 3.8) is 0 Å². The van der Waals surface area contributed by atoms with Crippen molar-refractivity contribution < 1.29 is 9.18 Å². The lowest BCUT2D eigenvalue weighted by Crippen LogP contribution is -2.11. The Morgan fingerprint density at radius 2 is 1.83 bits per heavy atom. The van der Waals surface area contributed by atoms with Crippen LogP contribution in [-0.2, 0) is 0 Å². The van der Waals surface area contributed by atoms with E-state index < -0.39 is 0 Å². The summed E-state index contributed by atoms with van der Waals surface area (Å²) in [6.45, 7) is 1.95. The number of carbonyl (C=O) groups excluding carboxylic acids is 1. The van der Waals surface area contributed by atoms with Crippen LogP contribution in [0.3, 0.4) is 0 Å². The summed E-state index contributed by atoms with van der Waals surface area (Å²) in [5.41, 5.74) is 2.18. The number of anilines is 1. The lowest BCUT2D eigenvalue weighted by Gasteiger charge is -2.06. The fourth-order valence-corrected chi connectivity index (χ4v) is 1.85. The highest BCUT2D eigenvalue weighted by Crippen LogP contribution is 2.18. The van der Waals surface area contributed by atoms with Gasteiger partial charge in [0.25, 0.3) is 5.91 Å². The van der Waals surface area contributed by atoms with E-state index in [2.05, 4.69) is 21.2 Å². The van der Waals surface area contributed by atoms with Crippen molar-refractivity contribution in [2.45, 2.75) is 6.92 Å². The zero-order chi connectivity index (χ0) is 13.1. The van der Waals surface area contributed by atoms with Gasteiger partial charge in [0.05, 0.1) is 0 Å². The monoisotopic (exact) mass is 307 g/mol. The van der Waals surface area contributed by atoms with Gasteiger partial charge in [0.1, 0.15) is 5.82 Å². The van der Waals surface area contributed by atoms with E-state index in [1.165, 1.54) is 24.3 Å². The van der Waals surface area contributed by atoms with Crippen LogP contribution in [-0.4, -0.2) is 5.91 Å². The van der Waals surface area contributed by atoms with Crippen LogP contribution < -0.4 is 5.32 Å². The number of aryl methyl sites for hydroxylation is 1. The highest BCUT2D eigenvalue weighted by Gasteiger charge is 2.07. The highest BCUT2D eigenvalue weighted by molar-refractivity contribution is 9.10. The molecule has 92 valence electrons. The largest absolute Gasteiger partial charge is 0.322 e. The van der Waals surface area contributed by atoms with Gasteiger partial charge in [0, 0.05) is 15.7 Å². The van der Waals surface area contributed by atoms with Crippen LogP contribution in [0, 0.1) is 12.7 Å². The smallest absolute Gasteiger partial charge is 0.255 e. The maximum Gasteiger partial charge on any atom is 0.255 e. The molecule has 2 nitrogen and oxygen atoms in total. The summed E-state index contributed by atoms with van der Waals surface area (Å²) >= 11 is 3.38. The molecule has 18 heavy (non-hydrogen) atoms. The van der Waals surface area contributed by atoms with Gasteiger partial charge in [-0.15, -0.1) is 0 Å². The molecular formula is C14H11BrFNO. The molecule has 0 radical (unpaired) electrons. The molecule has 0 atom stereocenters. The summed E-state index contributed by atoms with van der Waals surface area (Å²) < 4.78 is 13.6. The van der Waals surface area contributed by atoms with Gasteiger partial charge in [0.2, 0.25) is 0 Å². The first-order valence-corrected chi connectivity index (χ1v) is 6.18. The lowest BCUT2D eigenvalue weighted by atomic mass is 10.1. The van der Waals surface area contributed by atoms with Crippen molar-refractivity contribution in [3.05, 3.63) is 63.9 Å². The Kier molecular flexibility index (Phi) is 3.77. The van der Waals surface area contributed by atoms with Crippen LogP contribution in [0.4, 0.5) is 10.1 Å². The average Bonchev–Trinajstić information content (AvgIpc) is 2.35. The average molecular weight is 308 g/mol. The van der Waals surface area contributed by atoms with Gasteiger partial charge >= 0.3 is 0 Å². The molecule has 0 aliphatic heterocycles. The molecular weight excluding hydrogens is 297 g/mol. The zero-order valence-electron chi connectivity index (χ0n) is 9.71. The first-order chi connectivity index (χ1) is 8.56. The van der Waals surface area contributed by atoms with E-state index in [-0.39, 0.29) is 11.7 Å².